The summed E-state index contributed by atoms with van der Waals surface area (Å²) in [6, 6.07) is 20.3. The van der Waals surface area contributed by atoms with Crippen molar-refractivity contribution in [1.29, 1.82) is 0 Å². The van der Waals surface area contributed by atoms with Gasteiger partial charge in [-0.2, -0.15) is 0 Å². The number of nitrogens with one attached hydrogen (secondary N) is 1. The first kappa shape index (κ1) is 22.0. The Kier molecular flexibility index (Phi) is 7.63. The minimum absolute atomic E-state index is 0.0323. The molecule has 2 atom stereocenters. The lowest BCUT2D eigenvalue weighted by Crippen LogP contribution is -2.65. The first-order valence-corrected chi connectivity index (χ1v) is 10.7. The molecule has 0 aliphatic carbocycles. The molecule has 0 bridgehead atoms. The van der Waals surface area contributed by atoms with E-state index in [1.165, 1.54) is 12.7 Å². The van der Waals surface area contributed by atoms with Crippen molar-refractivity contribution in [3.05, 3.63) is 71.8 Å². The van der Waals surface area contributed by atoms with Crippen molar-refractivity contribution in [1.82, 2.24) is 10.2 Å². The van der Waals surface area contributed by atoms with Gasteiger partial charge in [-0.15, -0.1) is 0 Å². The third kappa shape index (κ3) is 5.48. The van der Waals surface area contributed by atoms with E-state index in [2.05, 4.69) is 34.5 Å². The van der Waals surface area contributed by atoms with E-state index in [0.717, 1.165) is 31.6 Å². The predicted molar refractivity (Wildman–Crippen MR) is 118 cm³/mol. The van der Waals surface area contributed by atoms with Crippen LogP contribution in [0, 0.1) is 5.92 Å². The van der Waals surface area contributed by atoms with Crippen molar-refractivity contribution in [2.24, 2.45) is 5.92 Å². The van der Waals surface area contributed by atoms with Gasteiger partial charge in [0.1, 0.15) is 5.54 Å². The Bertz CT molecular complexity index is 825. The van der Waals surface area contributed by atoms with Gasteiger partial charge in [0.15, 0.2) is 0 Å². The molecule has 1 unspecified atom stereocenters. The number of nitrogens with zero attached hydrogens (tertiary/aromatic N) is 1. The zero-order valence-electron chi connectivity index (χ0n) is 18.0. The summed E-state index contributed by atoms with van der Waals surface area (Å²) < 4.78 is 5.12. The largest absolute Gasteiger partial charge is 0.467 e. The number of hydrogen-bond acceptors (Lipinski definition) is 4. The number of rotatable bonds is 8. The second-order valence-electron chi connectivity index (χ2n) is 8.18. The maximum Gasteiger partial charge on any atom is 0.331 e. The normalized spacial score (nSPS) is 21.7. The summed E-state index contributed by atoms with van der Waals surface area (Å²) in [5, 5.41) is 3.06. The van der Waals surface area contributed by atoms with Crippen LogP contribution in [0.3, 0.4) is 0 Å². The minimum Gasteiger partial charge on any atom is -0.467 e. The van der Waals surface area contributed by atoms with Crippen molar-refractivity contribution >= 4 is 11.9 Å². The van der Waals surface area contributed by atoms with Gasteiger partial charge in [0.2, 0.25) is 5.91 Å². The van der Waals surface area contributed by atoms with Crippen LogP contribution >= 0.6 is 0 Å². The molecule has 1 amide bonds. The van der Waals surface area contributed by atoms with Crippen LogP contribution in [0.2, 0.25) is 0 Å². The molecule has 30 heavy (non-hydrogen) atoms. The average Bonchev–Trinajstić information content (AvgIpc) is 2.79. The van der Waals surface area contributed by atoms with E-state index in [0.29, 0.717) is 19.3 Å². The number of piperidine rings is 1. The van der Waals surface area contributed by atoms with E-state index in [4.69, 9.17) is 4.74 Å². The third-order valence-electron chi connectivity index (χ3n) is 6.15. The van der Waals surface area contributed by atoms with Crippen molar-refractivity contribution in [3.8, 4) is 0 Å². The number of benzene rings is 2. The Morgan fingerprint density at radius 3 is 2.20 bits per heavy atom. The van der Waals surface area contributed by atoms with Gasteiger partial charge in [0.25, 0.3) is 0 Å². The molecule has 1 saturated heterocycles. The van der Waals surface area contributed by atoms with Crippen molar-refractivity contribution < 1.29 is 14.3 Å². The number of hydrogen-bond donors (Lipinski definition) is 1. The molecule has 1 aliphatic heterocycles. The number of amides is 1. The Morgan fingerprint density at radius 2 is 1.63 bits per heavy atom. The van der Waals surface area contributed by atoms with E-state index in [1.807, 2.05) is 43.3 Å². The van der Waals surface area contributed by atoms with Crippen LogP contribution in [0.15, 0.2) is 60.7 Å². The molecule has 5 heteroatoms. The number of methoxy groups -OCH3 is 1. The molecule has 1 fully saturated rings. The lowest BCUT2D eigenvalue weighted by atomic mass is 9.78. The Morgan fingerprint density at radius 1 is 1.03 bits per heavy atom. The molecule has 2 aromatic rings. The second kappa shape index (κ2) is 10.4. The third-order valence-corrected chi connectivity index (χ3v) is 6.15. The molecule has 0 radical (unpaired) electrons. The fraction of sp³-hybridized carbons (Fsp3) is 0.440. The molecule has 1 aliphatic rings. The van der Waals surface area contributed by atoms with Crippen LogP contribution < -0.4 is 5.32 Å². The van der Waals surface area contributed by atoms with Crippen LogP contribution in [0.25, 0.3) is 0 Å². The molecule has 1 heterocycles. The smallest absolute Gasteiger partial charge is 0.331 e. The summed E-state index contributed by atoms with van der Waals surface area (Å²) in [4.78, 5) is 27.8. The number of aryl methyl sites for hydroxylation is 1. The molecule has 160 valence electrons. The summed E-state index contributed by atoms with van der Waals surface area (Å²) in [5.74, 6) is -0.477. The van der Waals surface area contributed by atoms with Gasteiger partial charge in [0, 0.05) is 32.0 Å². The molecule has 0 saturated carbocycles. The zero-order valence-corrected chi connectivity index (χ0v) is 18.0. The number of esters is 1. The standard InChI is InChI=1S/C25H32N2O3/c1-20-19-27(17-15-22-11-7-4-8-12-22)18-16-25(20,24(29)30-2)26-23(28)14-13-21-9-5-3-6-10-21/h3-12,20H,13-19H2,1-2H3,(H,26,28)/t20-,25?/m1/s1. The summed E-state index contributed by atoms with van der Waals surface area (Å²) in [6.07, 6.45) is 2.55. The van der Waals surface area contributed by atoms with E-state index in [-0.39, 0.29) is 17.8 Å². The molecule has 1 N–H and O–H groups in total. The van der Waals surface area contributed by atoms with Gasteiger partial charge < -0.3 is 15.0 Å². The number of carbonyl (C=O) groups is 2. The molecular weight excluding hydrogens is 376 g/mol. The van der Waals surface area contributed by atoms with E-state index >= 15 is 0 Å². The van der Waals surface area contributed by atoms with Gasteiger partial charge in [-0.3, -0.25) is 4.79 Å². The van der Waals surface area contributed by atoms with Crippen LogP contribution in [0.1, 0.15) is 30.9 Å². The van der Waals surface area contributed by atoms with E-state index in [1.54, 1.807) is 0 Å². The maximum atomic E-state index is 12.7. The monoisotopic (exact) mass is 408 g/mol. The van der Waals surface area contributed by atoms with E-state index < -0.39 is 5.54 Å². The average molecular weight is 409 g/mol. The van der Waals surface area contributed by atoms with Gasteiger partial charge in [-0.05, 0) is 30.4 Å². The molecule has 3 rings (SSSR count). The Labute approximate surface area is 179 Å². The topological polar surface area (TPSA) is 58.6 Å². The van der Waals surface area contributed by atoms with Gasteiger partial charge in [-0.1, -0.05) is 67.6 Å². The fourth-order valence-corrected chi connectivity index (χ4v) is 4.29. The summed E-state index contributed by atoms with van der Waals surface area (Å²) in [7, 11) is 1.40. The summed E-state index contributed by atoms with van der Waals surface area (Å²) in [6.45, 7) is 4.47. The van der Waals surface area contributed by atoms with Gasteiger partial charge in [-0.25, -0.2) is 4.79 Å². The van der Waals surface area contributed by atoms with Gasteiger partial charge in [0.05, 0.1) is 7.11 Å². The van der Waals surface area contributed by atoms with Crippen molar-refractivity contribution in [2.75, 3.05) is 26.7 Å². The highest BCUT2D eigenvalue weighted by atomic mass is 16.5. The molecular formula is C25H32N2O3. The fourth-order valence-electron chi connectivity index (χ4n) is 4.29. The molecule has 0 aromatic heterocycles. The SMILES string of the molecule is COC(=O)C1(NC(=O)CCc2ccccc2)CCN(CCc2ccccc2)C[C@H]1C. The zero-order chi connectivity index (χ0) is 21.4. The summed E-state index contributed by atoms with van der Waals surface area (Å²) in [5.41, 5.74) is 1.47. The summed E-state index contributed by atoms with van der Waals surface area (Å²) >= 11 is 0. The highest BCUT2D eigenvalue weighted by Gasteiger charge is 2.48. The first-order chi connectivity index (χ1) is 14.5. The molecule has 5 nitrogen and oxygen atoms in total. The predicted octanol–water partition coefficient (Wildman–Crippen LogP) is 3.23. The Hall–Kier alpha value is -2.66. The molecule has 0 spiro atoms. The lowest BCUT2D eigenvalue weighted by Gasteiger charge is -2.45. The van der Waals surface area contributed by atoms with Crippen LogP contribution in [0.5, 0.6) is 0 Å². The van der Waals surface area contributed by atoms with Gasteiger partial charge >= 0.3 is 5.97 Å². The van der Waals surface area contributed by atoms with E-state index in [9.17, 15) is 9.59 Å². The molecule has 2 aromatic carbocycles. The highest BCUT2D eigenvalue weighted by molar-refractivity contribution is 5.88. The number of likely N-dealkylation sites (tertiary alicyclic amines) is 1. The lowest BCUT2D eigenvalue weighted by molar-refractivity contribution is -0.156. The number of carbonyl (C=O) groups excluding carboxylic acids is 2. The van der Waals surface area contributed by atoms with Crippen LogP contribution in [0.4, 0.5) is 0 Å². The van der Waals surface area contributed by atoms with Crippen LogP contribution in [-0.4, -0.2) is 49.1 Å². The maximum absolute atomic E-state index is 12.7. The quantitative estimate of drug-likeness (QED) is 0.682. The number of ether oxygens (including phenoxy) is 1. The van der Waals surface area contributed by atoms with Crippen molar-refractivity contribution in [2.45, 2.75) is 38.1 Å². The second-order valence-corrected chi connectivity index (χ2v) is 8.18. The first-order valence-electron chi connectivity index (χ1n) is 10.7. The highest BCUT2D eigenvalue weighted by Crippen LogP contribution is 2.30. The van der Waals surface area contributed by atoms with Crippen LogP contribution in [-0.2, 0) is 27.2 Å². The minimum atomic E-state index is -0.953. The van der Waals surface area contributed by atoms with Crippen molar-refractivity contribution in [3.63, 3.8) is 0 Å². The Balaban J connectivity index is 1.59.